The van der Waals surface area contributed by atoms with Crippen LogP contribution in [0.25, 0.3) is 0 Å². The predicted molar refractivity (Wildman–Crippen MR) is 147 cm³/mol. The topological polar surface area (TPSA) is 71.8 Å². The van der Waals surface area contributed by atoms with Crippen LogP contribution < -0.4 is 10.1 Å². The second-order valence-corrected chi connectivity index (χ2v) is 10.5. The van der Waals surface area contributed by atoms with Gasteiger partial charge < -0.3 is 19.4 Å². The molecule has 1 aliphatic rings. The zero-order valence-electron chi connectivity index (χ0n) is 21.9. The van der Waals surface area contributed by atoms with Gasteiger partial charge in [-0.05, 0) is 59.5 Å². The van der Waals surface area contributed by atoms with Crippen molar-refractivity contribution in [3.63, 3.8) is 0 Å². The van der Waals surface area contributed by atoms with Crippen molar-refractivity contribution in [3.05, 3.63) is 119 Å². The molecule has 2 amide bonds. The molecule has 0 saturated heterocycles. The van der Waals surface area contributed by atoms with Crippen molar-refractivity contribution in [1.82, 2.24) is 4.90 Å². The van der Waals surface area contributed by atoms with Crippen LogP contribution in [0.15, 0.2) is 95.4 Å². The SMILES string of the molecule is CC(C)(C)C(=O)N1CCc2ccc(OCc3ccc(C(=O)Nc4ccccc4)o3)cc2C1c1ccccc1. The molecule has 4 aromatic rings. The van der Waals surface area contributed by atoms with Gasteiger partial charge in [0, 0.05) is 17.6 Å². The molecule has 1 atom stereocenters. The maximum Gasteiger partial charge on any atom is 0.291 e. The number of nitrogens with one attached hydrogen (secondary N) is 1. The third kappa shape index (κ3) is 5.49. The highest BCUT2D eigenvalue weighted by molar-refractivity contribution is 6.02. The van der Waals surface area contributed by atoms with E-state index in [1.807, 2.05) is 86.3 Å². The van der Waals surface area contributed by atoms with E-state index < -0.39 is 5.41 Å². The normalized spacial score (nSPS) is 15.0. The number of fused-ring (bicyclic) bond motifs is 1. The Hall–Kier alpha value is -4.32. The first kappa shape index (κ1) is 25.3. The lowest BCUT2D eigenvalue weighted by molar-refractivity contribution is -0.141. The van der Waals surface area contributed by atoms with Gasteiger partial charge in [-0.3, -0.25) is 9.59 Å². The molecule has 0 aliphatic carbocycles. The van der Waals surface area contributed by atoms with Gasteiger partial charge in [0.25, 0.3) is 5.91 Å². The average molecular weight is 509 g/mol. The van der Waals surface area contributed by atoms with Crippen LogP contribution in [0.4, 0.5) is 5.69 Å². The number of furan rings is 1. The molecule has 0 saturated carbocycles. The molecule has 0 bridgehead atoms. The van der Waals surface area contributed by atoms with Gasteiger partial charge in [0.15, 0.2) is 5.76 Å². The number of hydrogen-bond acceptors (Lipinski definition) is 4. The first-order valence-corrected chi connectivity index (χ1v) is 12.9. The Kier molecular flexibility index (Phi) is 7.05. The van der Waals surface area contributed by atoms with E-state index in [-0.39, 0.29) is 30.2 Å². The van der Waals surface area contributed by atoms with E-state index in [1.54, 1.807) is 12.1 Å². The van der Waals surface area contributed by atoms with Crippen molar-refractivity contribution < 1.29 is 18.7 Å². The monoisotopic (exact) mass is 508 g/mol. The molecule has 0 spiro atoms. The molecule has 6 heteroatoms. The summed E-state index contributed by atoms with van der Waals surface area (Å²) in [5.74, 6) is 1.26. The molecule has 6 nitrogen and oxygen atoms in total. The van der Waals surface area contributed by atoms with Crippen molar-refractivity contribution in [1.29, 1.82) is 0 Å². The minimum Gasteiger partial charge on any atom is -0.486 e. The summed E-state index contributed by atoms with van der Waals surface area (Å²) in [7, 11) is 0. The number of anilines is 1. The summed E-state index contributed by atoms with van der Waals surface area (Å²) in [5, 5.41) is 2.82. The van der Waals surface area contributed by atoms with Gasteiger partial charge in [-0.2, -0.15) is 0 Å². The molecule has 3 aromatic carbocycles. The first-order chi connectivity index (χ1) is 18.3. The second-order valence-electron chi connectivity index (χ2n) is 10.5. The summed E-state index contributed by atoms with van der Waals surface area (Å²) in [6.07, 6.45) is 0.791. The molecular weight excluding hydrogens is 476 g/mol. The van der Waals surface area contributed by atoms with E-state index >= 15 is 0 Å². The molecule has 2 heterocycles. The van der Waals surface area contributed by atoms with E-state index in [0.717, 1.165) is 17.5 Å². The van der Waals surface area contributed by atoms with Crippen molar-refractivity contribution in [3.8, 4) is 5.75 Å². The standard InChI is InChI=1S/C32H32N2O4/c1-32(2,3)31(36)34-19-18-22-14-15-25(20-27(22)29(34)23-10-6-4-7-11-23)37-21-26-16-17-28(38-26)30(35)33-24-12-8-5-9-13-24/h4-17,20,29H,18-19,21H2,1-3H3,(H,33,35). The average Bonchev–Trinajstić information content (AvgIpc) is 3.40. The maximum absolute atomic E-state index is 13.4. The summed E-state index contributed by atoms with van der Waals surface area (Å²) in [5.41, 5.74) is 3.57. The van der Waals surface area contributed by atoms with Crippen LogP contribution >= 0.6 is 0 Å². The van der Waals surface area contributed by atoms with E-state index in [9.17, 15) is 9.59 Å². The number of benzene rings is 3. The fourth-order valence-electron chi connectivity index (χ4n) is 4.77. The van der Waals surface area contributed by atoms with Crippen LogP contribution in [0.5, 0.6) is 5.75 Å². The number of carbonyl (C=O) groups is 2. The molecular formula is C32H32N2O4. The van der Waals surface area contributed by atoms with E-state index in [4.69, 9.17) is 9.15 Å². The largest absolute Gasteiger partial charge is 0.486 e. The molecule has 0 radical (unpaired) electrons. The number of para-hydroxylation sites is 1. The van der Waals surface area contributed by atoms with Gasteiger partial charge in [-0.15, -0.1) is 0 Å². The molecule has 0 fully saturated rings. The van der Waals surface area contributed by atoms with Crippen molar-refractivity contribution >= 4 is 17.5 Å². The summed E-state index contributed by atoms with van der Waals surface area (Å²) in [4.78, 5) is 27.9. The Morgan fingerprint density at radius 3 is 2.37 bits per heavy atom. The summed E-state index contributed by atoms with van der Waals surface area (Å²) in [6, 6.07) is 28.6. The molecule has 1 unspecified atom stereocenters. The van der Waals surface area contributed by atoms with Gasteiger partial charge in [0.1, 0.15) is 18.1 Å². The Morgan fingerprint density at radius 1 is 0.947 bits per heavy atom. The van der Waals surface area contributed by atoms with Crippen molar-refractivity contribution in [2.75, 3.05) is 11.9 Å². The number of amides is 2. The van der Waals surface area contributed by atoms with Gasteiger partial charge in [-0.25, -0.2) is 0 Å². The number of nitrogens with zero attached hydrogens (tertiary/aromatic N) is 1. The fraction of sp³-hybridized carbons (Fsp3) is 0.250. The summed E-state index contributed by atoms with van der Waals surface area (Å²) < 4.78 is 11.8. The number of carbonyl (C=O) groups excluding carboxylic acids is 2. The van der Waals surface area contributed by atoms with E-state index in [0.29, 0.717) is 23.7 Å². The highest BCUT2D eigenvalue weighted by Crippen LogP contribution is 2.39. The Labute approximate surface area is 223 Å². The van der Waals surface area contributed by atoms with Gasteiger partial charge >= 0.3 is 0 Å². The number of ether oxygens (including phenoxy) is 1. The molecule has 1 aromatic heterocycles. The quantitative estimate of drug-likeness (QED) is 0.317. The van der Waals surface area contributed by atoms with Gasteiger partial charge in [-0.1, -0.05) is 75.4 Å². The lowest BCUT2D eigenvalue weighted by Crippen LogP contribution is -2.45. The van der Waals surface area contributed by atoms with Crippen LogP contribution in [0, 0.1) is 5.41 Å². The molecule has 194 valence electrons. The highest BCUT2D eigenvalue weighted by Gasteiger charge is 2.37. The lowest BCUT2D eigenvalue weighted by Gasteiger charge is -2.41. The van der Waals surface area contributed by atoms with Crippen LogP contribution in [0.2, 0.25) is 0 Å². The minimum absolute atomic E-state index is 0.125. The minimum atomic E-state index is -0.484. The maximum atomic E-state index is 13.4. The second kappa shape index (κ2) is 10.6. The van der Waals surface area contributed by atoms with Gasteiger partial charge in [0.05, 0.1) is 6.04 Å². The smallest absolute Gasteiger partial charge is 0.291 e. The van der Waals surface area contributed by atoms with Crippen molar-refractivity contribution in [2.24, 2.45) is 5.41 Å². The third-order valence-electron chi connectivity index (χ3n) is 6.66. The van der Waals surface area contributed by atoms with E-state index in [2.05, 4.69) is 23.5 Å². The number of rotatable bonds is 6. The molecule has 1 N–H and O–H groups in total. The zero-order valence-corrected chi connectivity index (χ0v) is 21.9. The third-order valence-corrected chi connectivity index (χ3v) is 6.66. The Morgan fingerprint density at radius 2 is 1.66 bits per heavy atom. The number of hydrogen-bond donors (Lipinski definition) is 1. The van der Waals surface area contributed by atoms with Crippen LogP contribution in [0.1, 0.15) is 59.8 Å². The van der Waals surface area contributed by atoms with Crippen molar-refractivity contribution in [2.45, 2.75) is 39.8 Å². The molecule has 38 heavy (non-hydrogen) atoms. The van der Waals surface area contributed by atoms with Gasteiger partial charge in [0.2, 0.25) is 5.91 Å². The Balaban J connectivity index is 1.35. The van der Waals surface area contributed by atoms with Crippen LogP contribution in [0.3, 0.4) is 0 Å². The lowest BCUT2D eigenvalue weighted by atomic mass is 9.85. The Bertz CT molecular complexity index is 1420. The van der Waals surface area contributed by atoms with E-state index in [1.165, 1.54) is 5.56 Å². The van der Waals surface area contributed by atoms with Crippen LogP contribution in [-0.2, 0) is 17.8 Å². The molecule has 1 aliphatic heterocycles. The highest BCUT2D eigenvalue weighted by atomic mass is 16.5. The first-order valence-electron chi connectivity index (χ1n) is 12.9. The predicted octanol–water partition coefficient (Wildman–Crippen LogP) is 6.63. The fourth-order valence-corrected chi connectivity index (χ4v) is 4.77. The molecule has 5 rings (SSSR count). The summed E-state index contributed by atoms with van der Waals surface area (Å²) >= 11 is 0. The van der Waals surface area contributed by atoms with Crippen LogP contribution in [-0.4, -0.2) is 23.3 Å². The summed E-state index contributed by atoms with van der Waals surface area (Å²) in [6.45, 7) is 6.74. The zero-order chi connectivity index (χ0) is 26.7.